The lowest BCUT2D eigenvalue weighted by Crippen LogP contribution is -2.52. The van der Waals surface area contributed by atoms with Gasteiger partial charge in [-0.1, -0.05) is 32.0 Å². The van der Waals surface area contributed by atoms with Crippen LogP contribution in [0.25, 0.3) is 5.69 Å². The van der Waals surface area contributed by atoms with Crippen LogP contribution in [-0.2, 0) is 21.5 Å². The van der Waals surface area contributed by atoms with Crippen molar-refractivity contribution in [2.24, 2.45) is 0 Å². The number of anilines is 3. The zero-order valence-electron chi connectivity index (χ0n) is 23.1. The number of aryl methyl sites for hydroxylation is 1. The van der Waals surface area contributed by atoms with E-state index in [1.54, 1.807) is 31.2 Å². The maximum Gasteiger partial charge on any atom is 0.337 e. The van der Waals surface area contributed by atoms with Crippen molar-refractivity contribution >= 4 is 33.3 Å². The summed E-state index contributed by atoms with van der Waals surface area (Å²) >= 11 is 0. The van der Waals surface area contributed by atoms with Crippen LogP contribution in [0.1, 0.15) is 46.7 Å². The van der Waals surface area contributed by atoms with E-state index in [4.69, 9.17) is 0 Å². The van der Waals surface area contributed by atoms with Crippen molar-refractivity contribution in [3.8, 4) is 5.69 Å². The lowest BCUT2D eigenvalue weighted by molar-refractivity contribution is -0.117. The topological polar surface area (TPSA) is 126 Å². The highest BCUT2D eigenvalue weighted by atomic mass is 32.2. The van der Waals surface area contributed by atoms with Gasteiger partial charge >= 0.3 is 5.69 Å². The van der Waals surface area contributed by atoms with Gasteiger partial charge in [0.2, 0.25) is 5.91 Å². The standard InChI is InChI=1S/C25H27FN6O5S.C2H6.2H2/c1-15-7-8-16(20(26)11-15)13-30-14-21(33)29(3)23-22(30)24(34)32(18-9-10-18)25(35)31(23)19-6-4-5-17(12-19)28-38(36,37)27-2;1-2;;/h4-8,11-12,18,27-28H,9-10,13-14H2,1-3H3;1-2H3;2*1H. The first-order valence-electron chi connectivity index (χ1n) is 13.0. The average Bonchev–Trinajstić information content (AvgIpc) is 3.75. The zero-order chi connectivity index (χ0) is 29.4. The SMILES string of the molecule is CC.CNS(=O)(=O)Nc1cccc(-n2c3c(c(=O)n(C4CC4)c2=O)N(Cc2ccc(C)cc2F)CC(=O)N3C)c1.[HH].[HH]. The third-order valence-corrected chi connectivity index (χ3v) is 7.73. The average molecular weight is 577 g/mol. The molecule has 1 aromatic heterocycles. The predicted octanol–water partition coefficient (Wildman–Crippen LogP) is 3.16. The van der Waals surface area contributed by atoms with Gasteiger partial charge in [-0.25, -0.2) is 18.5 Å². The second kappa shape index (κ2) is 11.3. The van der Waals surface area contributed by atoms with Crippen molar-refractivity contribution in [3.63, 3.8) is 0 Å². The van der Waals surface area contributed by atoms with Gasteiger partial charge in [-0.05, 0) is 49.6 Å². The highest BCUT2D eigenvalue weighted by Gasteiger charge is 2.38. The molecule has 0 radical (unpaired) electrons. The molecule has 0 bridgehead atoms. The summed E-state index contributed by atoms with van der Waals surface area (Å²) in [6, 6.07) is 10.5. The van der Waals surface area contributed by atoms with Crippen LogP contribution in [0.15, 0.2) is 52.1 Å². The zero-order valence-corrected chi connectivity index (χ0v) is 23.9. The number of hydrogen-bond acceptors (Lipinski definition) is 6. The van der Waals surface area contributed by atoms with Gasteiger partial charge in [0, 0.05) is 35.1 Å². The van der Waals surface area contributed by atoms with Crippen molar-refractivity contribution < 1.29 is 20.5 Å². The van der Waals surface area contributed by atoms with E-state index in [1.807, 2.05) is 13.8 Å². The van der Waals surface area contributed by atoms with E-state index >= 15 is 0 Å². The van der Waals surface area contributed by atoms with Gasteiger partial charge in [-0.2, -0.15) is 8.42 Å². The van der Waals surface area contributed by atoms with E-state index in [-0.39, 0.29) is 44.9 Å². The Balaban J connectivity index is 0.00000151. The first kappa shape index (κ1) is 29.0. The Hall–Kier alpha value is -3.97. The second-order valence-corrected chi connectivity index (χ2v) is 11.1. The van der Waals surface area contributed by atoms with Crippen LogP contribution in [0, 0.1) is 12.7 Å². The number of rotatable bonds is 7. The number of aromatic nitrogens is 2. The largest absolute Gasteiger partial charge is 0.350 e. The van der Waals surface area contributed by atoms with Crippen molar-refractivity contribution in [2.45, 2.75) is 46.2 Å². The van der Waals surface area contributed by atoms with Crippen LogP contribution < -0.4 is 30.5 Å². The summed E-state index contributed by atoms with van der Waals surface area (Å²) < 4.78 is 45.8. The molecule has 1 amide bonds. The maximum atomic E-state index is 14.8. The third-order valence-electron chi connectivity index (χ3n) is 6.68. The van der Waals surface area contributed by atoms with E-state index < -0.39 is 33.2 Å². The summed E-state index contributed by atoms with van der Waals surface area (Å²) in [7, 11) is -1.12. The molecule has 0 saturated heterocycles. The van der Waals surface area contributed by atoms with Crippen LogP contribution in [0.4, 0.5) is 21.6 Å². The van der Waals surface area contributed by atoms with Crippen LogP contribution >= 0.6 is 0 Å². The van der Waals surface area contributed by atoms with Gasteiger partial charge in [-0.3, -0.25) is 23.8 Å². The maximum absolute atomic E-state index is 14.8. The Labute approximate surface area is 235 Å². The van der Waals surface area contributed by atoms with Crippen LogP contribution in [-0.4, -0.2) is 44.1 Å². The molecule has 11 nitrogen and oxygen atoms in total. The molecule has 0 unspecified atom stereocenters. The van der Waals surface area contributed by atoms with Gasteiger partial charge in [0.25, 0.3) is 15.8 Å². The highest BCUT2D eigenvalue weighted by molar-refractivity contribution is 7.90. The first-order valence-corrected chi connectivity index (χ1v) is 14.5. The summed E-state index contributed by atoms with van der Waals surface area (Å²) in [4.78, 5) is 43.4. The number of halogens is 1. The predicted molar refractivity (Wildman–Crippen MR) is 157 cm³/mol. The fraction of sp³-hybridized carbons (Fsp3) is 0.370. The van der Waals surface area contributed by atoms with Crippen LogP contribution in [0.5, 0.6) is 0 Å². The molecule has 1 fully saturated rings. The minimum absolute atomic E-state index is 0. The molecule has 2 aliphatic rings. The molecule has 2 N–H and O–H groups in total. The molecular formula is C27H37FN6O5S. The Bertz CT molecular complexity index is 1690. The van der Waals surface area contributed by atoms with Crippen molar-refractivity contribution in [3.05, 3.63) is 80.2 Å². The Morgan fingerprint density at radius 1 is 1.07 bits per heavy atom. The van der Waals surface area contributed by atoms with E-state index in [9.17, 15) is 27.2 Å². The normalized spacial score (nSPS) is 14.9. The van der Waals surface area contributed by atoms with Gasteiger partial charge in [0.15, 0.2) is 5.82 Å². The van der Waals surface area contributed by atoms with E-state index in [1.165, 1.54) is 51.2 Å². The molecule has 0 atom stereocenters. The summed E-state index contributed by atoms with van der Waals surface area (Å²) in [6.45, 7) is 5.52. The number of benzene rings is 2. The molecule has 0 spiro atoms. The summed E-state index contributed by atoms with van der Waals surface area (Å²) in [5.41, 5.74) is 0.359. The summed E-state index contributed by atoms with van der Waals surface area (Å²) in [6.07, 6.45) is 1.30. The number of hydrogen-bond donors (Lipinski definition) is 2. The van der Waals surface area contributed by atoms with Crippen molar-refractivity contribution in [1.29, 1.82) is 0 Å². The lowest BCUT2D eigenvalue weighted by atomic mass is 10.1. The van der Waals surface area contributed by atoms with Gasteiger partial charge in [-0.15, -0.1) is 0 Å². The molecule has 1 aliphatic carbocycles. The van der Waals surface area contributed by atoms with E-state index in [0.29, 0.717) is 18.4 Å². The van der Waals surface area contributed by atoms with Crippen LogP contribution in [0.3, 0.4) is 0 Å². The van der Waals surface area contributed by atoms with Gasteiger partial charge in [0.05, 0.1) is 17.9 Å². The molecular weight excluding hydrogens is 539 g/mol. The fourth-order valence-corrected chi connectivity index (χ4v) is 5.12. The van der Waals surface area contributed by atoms with Crippen LogP contribution in [0.2, 0.25) is 0 Å². The molecule has 40 heavy (non-hydrogen) atoms. The molecule has 218 valence electrons. The number of carbonyl (C=O) groups is 1. The minimum atomic E-state index is -3.84. The second-order valence-electron chi connectivity index (χ2n) is 9.46. The number of nitrogens with one attached hydrogen (secondary N) is 2. The summed E-state index contributed by atoms with van der Waals surface area (Å²) in [5.74, 6) is -0.818. The number of fused-ring (bicyclic) bond motifs is 1. The smallest absolute Gasteiger partial charge is 0.337 e. The Morgan fingerprint density at radius 3 is 2.40 bits per heavy atom. The quantitative estimate of drug-likeness (QED) is 0.445. The molecule has 1 saturated carbocycles. The molecule has 3 aromatic rings. The molecule has 5 rings (SSSR count). The Morgan fingerprint density at radius 2 is 1.77 bits per heavy atom. The third kappa shape index (κ3) is 5.52. The van der Waals surface area contributed by atoms with Gasteiger partial charge < -0.3 is 4.90 Å². The fourth-order valence-electron chi connectivity index (χ4n) is 4.58. The molecule has 2 heterocycles. The lowest BCUT2D eigenvalue weighted by Gasteiger charge is -2.36. The number of amides is 1. The summed E-state index contributed by atoms with van der Waals surface area (Å²) in [5, 5.41) is 0. The Kier molecular flexibility index (Phi) is 8.17. The van der Waals surface area contributed by atoms with Crippen molar-refractivity contribution in [2.75, 3.05) is 35.2 Å². The number of carbonyl (C=O) groups excluding carboxylic acids is 1. The minimum Gasteiger partial charge on any atom is -0.350 e. The molecule has 1 aliphatic heterocycles. The molecule has 13 heteroatoms. The van der Waals surface area contributed by atoms with E-state index in [0.717, 1.165) is 5.56 Å². The monoisotopic (exact) mass is 576 g/mol. The molecule has 2 aromatic carbocycles. The number of nitrogens with zero attached hydrogens (tertiary/aromatic N) is 4. The highest BCUT2D eigenvalue weighted by Crippen LogP contribution is 2.37. The number of likely N-dealkylation sites (N-methyl/N-ethyl adjacent to an activating group) is 1. The van der Waals surface area contributed by atoms with Crippen molar-refractivity contribution in [1.82, 2.24) is 13.9 Å². The van der Waals surface area contributed by atoms with E-state index in [2.05, 4.69) is 9.44 Å². The first-order chi connectivity index (χ1) is 19.0. The van der Waals surface area contributed by atoms with Gasteiger partial charge in [0.1, 0.15) is 11.5 Å².